The fourth-order valence-electron chi connectivity index (χ4n) is 2.76. The highest BCUT2D eigenvalue weighted by molar-refractivity contribution is 9.10. The van der Waals surface area contributed by atoms with Crippen molar-refractivity contribution in [2.75, 3.05) is 12.3 Å². The van der Waals surface area contributed by atoms with E-state index in [1.165, 1.54) is 4.57 Å². The van der Waals surface area contributed by atoms with E-state index in [0.29, 0.717) is 0 Å². The predicted octanol–water partition coefficient (Wildman–Crippen LogP) is -1.20. The van der Waals surface area contributed by atoms with Crippen LogP contribution in [-0.2, 0) is 13.8 Å². The molecule has 2 saturated heterocycles. The van der Waals surface area contributed by atoms with Gasteiger partial charge in [-0.1, -0.05) is 0 Å². The summed E-state index contributed by atoms with van der Waals surface area (Å²) in [5, 5.41) is 10.5. The minimum atomic E-state index is -3.99. The first kappa shape index (κ1) is 16.3. The van der Waals surface area contributed by atoms with Crippen LogP contribution in [0.3, 0.4) is 0 Å². The Morgan fingerprint density at radius 3 is 2.92 bits per heavy atom. The van der Waals surface area contributed by atoms with Crippen LogP contribution >= 0.6 is 24.1 Å². The molecule has 24 heavy (non-hydrogen) atoms. The molecule has 0 spiro atoms. The summed E-state index contributed by atoms with van der Waals surface area (Å²) in [6, 6.07) is 0. The smallest absolute Gasteiger partial charge is 0.385 e. The van der Waals surface area contributed by atoms with Gasteiger partial charge in [0.2, 0.25) is 5.95 Å². The molecular formula is C10H12BrN5O7P+. The number of H-pyrrole nitrogens is 1. The Morgan fingerprint density at radius 1 is 1.42 bits per heavy atom. The van der Waals surface area contributed by atoms with E-state index in [9.17, 15) is 19.7 Å². The standard InChI is InChI=1S/C10H11BrN5O7P/c11-9-13-3-6(14-10(12)15-7(3)18)16(9)8-4(17)5-2(22-8)1-21-24(19,20)23-5/h2,4-5,8,17,19-20H,1H2,(H2-,12,14,15,18)/p+1. The highest BCUT2D eigenvalue weighted by atomic mass is 79.9. The maximum absolute atomic E-state index is 11.9. The van der Waals surface area contributed by atoms with Gasteiger partial charge in [-0.15, -0.1) is 4.52 Å². The lowest BCUT2D eigenvalue weighted by Gasteiger charge is -2.24. The maximum Gasteiger partial charge on any atom is 0.570 e. The van der Waals surface area contributed by atoms with Gasteiger partial charge in [0.1, 0.15) is 18.8 Å². The Labute approximate surface area is 142 Å². The van der Waals surface area contributed by atoms with Crippen molar-refractivity contribution >= 4 is 41.2 Å². The fraction of sp³-hybridized carbons (Fsp3) is 0.500. The Kier molecular flexibility index (Phi) is 3.67. The highest BCUT2D eigenvalue weighted by Crippen LogP contribution is 2.59. The zero-order valence-electron chi connectivity index (χ0n) is 11.7. The number of hydrogen-bond acceptors (Lipinski definition) is 10. The molecule has 2 aliphatic rings. The van der Waals surface area contributed by atoms with E-state index in [0.717, 1.165) is 0 Å². The number of rotatable bonds is 1. The van der Waals surface area contributed by atoms with Gasteiger partial charge in [-0.2, -0.15) is 19.3 Å². The van der Waals surface area contributed by atoms with E-state index in [1.54, 1.807) is 0 Å². The first-order valence-corrected chi connectivity index (χ1v) is 9.03. The van der Waals surface area contributed by atoms with E-state index in [4.69, 9.17) is 19.5 Å². The number of fused-ring (bicyclic) bond motifs is 2. The number of aliphatic hydroxyl groups excluding tert-OH is 1. The van der Waals surface area contributed by atoms with Crippen molar-refractivity contribution in [1.29, 1.82) is 0 Å². The number of imidazole rings is 1. The SMILES string of the molecule is Nc1nc2c(nc(Br)n2C2OC3CO[P+](O)(O)OC3C2O)c(=O)[nH]1. The van der Waals surface area contributed by atoms with E-state index in [1.807, 2.05) is 0 Å². The summed E-state index contributed by atoms with van der Waals surface area (Å²) in [6.45, 7) is -0.167. The Hall–Kier alpha value is -1.18. The third-order valence-corrected chi connectivity index (χ3v) is 5.32. The van der Waals surface area contributed by atoms with E-state index >= 15 is 0 Å². The second kappa shape index (κ2) is 5.41. The quantitative estimate of drug-likeness (QED) is 0.275. The van der Waals surface area contributed by atoms with Crippen molar-refractivity contribution in [3.8, 4) is 0 Å². The monoisotopic (exact) mass is 424 g/mol. The second-order valence-corrected chi connectivity index (χ2v) is 7.45. The summed E-state index contributed by atoms with van der Waals surface area (Å²) < 4.78 is 17.0. The molecule has 4 unspecified atom stereocenters. The summed E-state index contributed by atoms with van der Waals surface area (Å²) in [6.07, 6.45) is -4.08. The van der Waals surface area contributed by atoms with Gasteiger partial charge in [0, 0.05) is 0 Å². The molecule has 12 nitrogen and oxygen atoms in total. The number of anilines is 1. The fourth-order valence-corrected chi connectivity index (χ4v) is 4.28. The number of halogens is 1. The summed E-state index contributed by atoms with van der Waals surface area (Å²) in [7, 11) is -3.99. The summed E-state index contributed by atoms with van der Waals surface area (Å²) in [5.41, 5.74) is 5.11. The second-order valence-electron chi connectivity index (χ2n) is 5.29. The molecule has 0 radical (unpaired) electrons. The van der Waals surface area contributed by atoms with Gasteiger partial charge in [0.25, 0.3) is 5.56 Å². The first-order chi connectivity index (χ1) is 11.3. The molecule has 130 valence electrons. The molecule has 0 bridgehead atoms. The third kappa shape index (κ3) is 2.45. The zero-order valence-corrected chi connectivity index (χ0v) is 14.2. The largest absolute Gasteiger partial charge is 0.570 e. The van der Waals surface area contributed by atoms with Crippen molar-refractivity contribution in [1.82, 2.24) is 19.5 Å². The molecule has 2 fully saturated rings. The van der Waals surface area contributed by atoms with Crippen molar-refractivity contribution in [3.63, 3.8) is 0 Å². The number of hydrogen-bond donors (Lipinski definition) is 5. The molecule has 2 aromatic heterocycles. The average molecular weight is 425 g/mol. The normalized spacial score (nSPS) is 32.2. The minimum absolute atomic E-state index is 0.00470. The number of ether oxygens (including phenoxy) is 1. The Bertz CT molecular complexity index is 871. The molecule has 0 amide bonds. The molecule has 2 aliphatic heterocycles. The van der Waals surface area contributed by atoms with Gasteiger partial charge >= 0.3 is 8.17 Å². The summed E-state index contributed by atoms with van der Waals surface area (Å²) in [5.74, 6) is -0.124. The van der Waals surface area contributed by atoms with Gasteiger partial charge in [-0.05, 0) is 15.9 Å². The average Bonchev–Trinajstić information content (AvgIpc) is 2.96. The predicted molar refractivity (Wildman–Crippen MR) is 82.4 cm³/mol. The molecule has 0 aromatic carbocycles. The number of aromatic nitrogens is 4. The van der Waals surface area contributed by atoms with Gasteiger partial charge in [0.15, 0.2) is 28.2 Å². The van der Waals surface area contributed by atoms with Crippen LogP contribution in [0.25, 0.3) is 11.2 Å². The van der Waals surface area contributed by atoms with Crippen LogP contribution in [0.5, 0.6) is 0 Å². The van der Waals surface area contributed by atoms with Gasteiger partial charge in [0.05, 0.1) is 0 Å². The van der Waals surface area contributed by atoms with Crippen molar-refractivity contribution in [2.24, 2.45) is 0 Å². The molecule has 4 atom stereocenters. The molecule has 14 heteroatoms. The van der Waals surface area contributed by atoms with Crippen LogP contribution in [0, 0.1) is 0 Å². The van der Waals surface area contributed by atoms with Crippen LogP contribution < -0.4 is 11.3 Å². The molecule has 0 aliphatic carbocycles. The summed E-state index contributed by atoms with van der Waals surface area (Å²) in [4.78, 5) is 41.3. The topological polar surface area (TPSA) is 178 Å². The number of nitrogens with two attached hydrogens (primary N) is 1. The van der Waals surface area contributed by atoms with Crippen LogP contribution in [-0.4, -0.2) is 59.3 Å². The van der Waals surface area contributed by atoms with Crippen molar-refractivity contribution in [2.45, 2.75) is 24.5 Å². The Morgan fingerprint density at radius 2 is 2.17 bits per heavy atom. The lowest BCUT2D eigenvalue weighted by atomic mass is 10.1. The summed E-state index contributed by atoms with van der Waals surface area (Å²) >= 11 is 3.19. The first-order valence-electron chi connectivity index (χ1n) is 6.71. The molecule has 2 aromatic rings. The molecule has 6 N–H and O–H groups in total. The molecular weight excluding hydrogens is 413 g/mol. The van der Waals surface area contributed by atoms with Crippen LogP contribution in [0.15, 0.2) is 9.53 Å². The van der Waals surface area contributed by atoms with Gasteiger partial charge in [-0.25, -0.2) is 4.98 Å². The Balaban J connectivity index is 1.79. The lowest BCUT2D eigenvalue weighted by Crippen LogP contribution is -2.40. The highest BCUT2D eigenvalue weighted by Gasteiger charge is 2.59. The molecule has 4 rings (SSSR count). The van der Waals surface area contributed by atoms with Gasteiger partial charge in [-0.3, -0.25) is 14.3 Å². The lowest BCUT2D eigenvalue weighted by molar-refractivity contribution is -0.0752. The maximum atomic E-state index is 11.9. The number of nitrogens with one attached hydrogen (secondary N) is 1. The minimum Gasteiger partial charge on any atom is -0.385 e. The van der Waals surface area contributed by atoms with Crippen LogP contribution in [0.2, 0.25) is 0 Å². The third-order valence-electron chi connectivity index (χ3n) is 3.76. The van der Waals surface area contributed by atoms with E-state index < -0.39 is 38.3 Å². The van der Waals surface area contributed by atoms with Crippen molar-refractivity contribution < 1.29 is 28.7 Å². The van der Waals surface area contributed by atoms with Crippen LogP contribution in [0.4, 0.5) is 5.95 Å². The number of nitrogens with zero attached hydrogens (tertiary/aromatic N) is 3. The molecule has 4 heterocycles. The zero-order chi connectivity index (χ0) is 17.2. The van der Waals surface area contributed by atoms with E-state index in [2.05, 4.69) is 30.9 Å². The molecule has 0 saturated carbocycles. The van der Waals surface area contributed by atoms with Gasteiger partial charge < -0.3 is 15.6 Å². The number of nitrogen functional groups attached to an aromatic ring is 1. The number of aromatic amines is 1. The van der Waals surface area contributed by atoms with Crippen LogP contribution in [0.1, 0.15) is 6.23 Å². The van der Waals surface area contributed by atoms with Crippen molar-refractivity contribution in [3.05, 3.63) is 15.1 Å². The van der Waals surface area contributed by atoms with E-state index in [-0.39, 0.29) is 28.5 Å². The number of aliphatic hydroxyl groups is 1.